The molecule has 1 atom stereocenters. The summed E-state index contributed by atoms with van der Waals surface area (Å²) >= 11 is 3.25. The number of hydrogen-bond donors (Lipinski definition) is 1. The Kier molecular flexibility index (Phi) is 5.60. The third-order valence-corrected chi connectivity index (χ3v) is 3.64. The highest BCUT2D eigenvalue weighted by molar-refractivity contribution is 8.01. The molecule has 76 valence electrons. The van der Waals surface area contributed by atoms with E-state index in [1.54, 1.807) is 29.3 Å². The Hall–Kier alpha value is -0.570. The van der Waals surface area contributed by atoms with E-state index in [0.29, 0.717) is 0 Å². The normalized spacial score (nSPS) is 12.3. The van der Waals surface area contributed by atoms with Crippen LogP contribution in [0.5, 0.6) is 0 Å². The van der Waals surface area contributed by atoms with Gasteiger partial charge in [-0.2, -0.15) is 5.26 Å². The van der Waals surface area contributed by atoms with Gasteiger partial charge in [0.2, 0.25) is 0 Å². The van der Waals surface area contributed by atoms with Gasteiger partial charge < -0.3 is 5.32 Å². The minimum atomic E-state index is -0.0659. The van der Waals surface area contributed by atoms with Crippen molar-refractivity contribution in [2.45, 2.75) is 23.7 Å². The van der Waals surface area contributed by atoms with Crippen LogP contribution in [-0.2, 0) is 0 Å². The monoisotopic (exact) mass is 227 g/mol. The number of nitrogens with zero attached hydrogens (tertiary/aromatic N) is 2. The summed E-state index contributed by atoms with van der Waals surface area (Å²) in [6, 6.07) is 2.18. The molecule has 0 fully saturated rings. The highest BCUT2D eigenvalue weighted by Crippen LogP contribution is 2.20. The zero-order valence-electron chi connectivity index (χ0n) is 8.06. The van der Waals surface area contributed by atoms with Crippen LogP contribution >= 0.6 is 23.1 Å². The molecule has 0 radical (unpaired) electrons. The van der Waals surface area contributed by atoms with Gasteiger partial charge in [0.25, 0.3) is 0 Å². The molecule has 14 heavy (non-hydrogen) atoms. The van der Waals surface area contributed by atoms with Crippen LogP contribution in [-0.4, -0.2) is 23.3 Å². The molecular weight excluding hydrogens is 214 g/mol. The van der Waals surface area contributed by atoms with Crippen LogP contribution in [0.1, 0.15) is 13.3 Å². The van der Waals surface area contributed by atoms with Crippen molar-refractivity contribution in [3.63, 3.8) is 0 Å². The number of aromatic nitrogens is 1. The smallest absolute Gasteiger partial charge is 0.149 e. The number of nitriles is 1. The van der Waals surface area contributed by atoms with Crippen LogP contribution in [0.4, 0.5) is 0 Å². The maximum absolute atomic E-state index is 8.84. The fourth-order valence-corrected chi connectivity index (χ4v) is 2.54. The Labute approximate surface area is 92.5 Å². The molecule has 0 saturated carbocycles. The Morgan fingerprint density at radius 1 is 1.79 bits per heavy atom. The molecule has 1 aromatic rings. The second-order valence-corrected chi connectivity index (χ2v) is 4.91. The van der Waals surface area contributed by atoms with E-state index in [4.69, 9.17) is 5.26 Å². The molecule has 0 amide bonds. The molecule has 1 rings (SSSR count). The Balaban J connectivity index is 2.25. The fraction of sp³-hybridized carbons (Fsp3) is 0.556. The Morgan fingerprint density at radius 2 is 2.64 bits per heavy atom. The second-order valence-electron chi connectivity index (χ2n) is 2.74. The van der Waals surface area contributed by atoms with Crippen molar-refractivity contribution >= 4 is 23.1 Å². The predicted molar refractivity (Wildman–Crippen MR) is 60.5 cm³/mol. The summed E-state index contributed by atoms with van der Waals surface area (Å²) < 4.78 is 1.03. The molecule has 1 N–H and O–H groups in total. The summed E-state index contributed by atoms with van der Waals surface area (Å²) in [7, 11) is 0. The van der Waals surface area contributed by atoms with Crippen molar-refractivity contribution in [2.75, 3.05) is 12.3 Å². The average molecular weight is 227 g/mol. The summed E-state index contributed by atoms with van der Waals surface area (Å²) in [5.41, 5.74) is 0. The zero-order valence-corrected chi connectivity index (χ0v) is 9.70. The molecule has 0 aliphatic heterocycles. The quantitative estimate of drug-likeness (QED) is 0.756. The topological polar surface area (TPSA) is 48.7 Å². The van der Waals surface area contributed by atoms with Gasteiger partial charge in [-0.15, -0.1) is 11.3 Å². The summed E-state index contributed by atoms with van der Waals surface area (Å²) in [6.45, 7) is 2.99. The molecule has 5 heteroatoms. The van der Waals surface area contributed by atoms with E-state index in [2.05, 4.69) is 23.3 Å². The maximum atomic E-state index is 8.84. The summed E-state index contributed by atoms with van der Waals surface area (Å²) in [5, 5.41) is 14.0. The number of hydrogen-bond acceptors (Lipinski definition) is 5. The van der Waals surface area contributed by atoms with E-state index in [-0.39, 0.29) is 6.04 Å². The fourth-order valence-electron chi connectivity index (χ4n) is 0.897. The SMILES string of the molecule is CCCNC(C#N)CSc1nccs1. The maximum Gasteiger partial charge on any atom is 0.149 e. The van der Waals surface area contributed by atoms with Gasteiger partial charge in [-0.1, -0.05) is 18.7 Å². The van der Waals surface area contributed by atoms with Crippen molar-refractivity contribution in [1.29, 1.82) is 5.26 Å². The largest absolute Gasteiger partial charge is 0.301 e. The van der Waals surface area contributed by atoms with E-state index in [1.165, 1.54) is 0 Å². The highest BCUT2D eigenvalue weighted by atomic mass is 32.2. The third kappa shape index (κ3) is 4.09. The summed E-state index contributed by atoms with van der Waals surface area (Å²) in [6.07, 6.45) is 2.84. The number of thiazole rings is 1. The molecule has 0 aliphatic rings. The summed E-state index contributed by atoms with van der Waals surface area (Å²) in [5.74, 6) is 0.768. The molecule has 1 heterocycles. The first kappa shape index (κ1) is 11.5. The van der Waals surface area contributed by atoms with E-state index in [0.717, 1.165) is 23.1 Å². The van der Waals surface area contributed by atoms with Crippen molar-refractivity contribution in [3.05, 3.63) is 11.6 Å². The van der Waals surface area contributed by atoms with Gasteiger partial charge in [-0.05, 0) is 13.0 Å². The third-order valence-electron chi connectivity index (χ3n) is 1.58. The zero-order chi connectivity index (χ0) is 10.2. The van der Waals surface area contributed by atoms with Gasteiger partial charge in [0, 0.05) is 17.3 Å². The molecule has 0 aliphatic carbocycles. The predicted octanol–water partition coefficient (Wildman–Crippen LogP) is 2.13. The van der Waals surface area contributed by atoms with Gasteiger partial charge >= 0.3 is 0 Å². The van der Waals surface area contributed by atoms with Crippen LogP contribution in [0.3, 0.4) is 0 Å². The molecule has 1 unspecified atom stereocenters. The van der Waals surface area contributed by atoms with Crippen molar-refractivity contribution in [2.24, 2.45) is 0 Å². The van der Waals surface area contributed by atoms with Crippen LogP contribution in [0.25, 0.3) is 0 Å². The van der Waals surface area contributed by atoms with Gasteiger partial charge in [0.1, 0.15) is 10.4 Å². The van der Waals surface area contributed by atoms with E-state index >= 15 is 0 Å². The lowest BCUT2D eigenvalue weighted by Crippen LogP contribution is -2.30. The minimum absolute atomic E-state index is 0.0659. The van der Waals surface area contributed by atoms with Crippen molar-refractivity contribution in [3.8, 4) is 6.07 Å². The number of rotatable bonds is 6. The molecular formula is C9H13N3S2. The first-order valence-corrected chi connectivity index (χ1v) is 6.38. The van der Waals surface area contributed by atoms with Crippen LogP contribution in [0.2, 0.25) is 0 Å². The lowest BCUT2D eigenvalue weighted by Gasteiger charge is -2.08. The first-order valence-electron chi connectivity index (χ1n) is 4.52. The number of nitrogens with one attached hydrogen (secondary N) is 1. The standard InChI is InChI=1S/C9H13N3S2/c1-2-3-11-8(6-10)7-14-9-12-4-5-13-9/h4-5,8,11H,2-3,7H2,1H3. The van der Waals surface area contributed by atoms with Crippen LogP contribution in [0, 0.1) is 11.3 Å². The van der Waals surface area contributed by atoms with Crippen molar-refractivity contribution in [1.82, 2.24) is 10.3 Å². The van der Waals surface area contributed by atoms with Gasteiger partial charge in [-0.25, -0.2) is 4.98 Å². The lowest BCUT2D eigenvalue weighted by atomic mass is 10.3. The molecule has 0 spiro atoms. The van der Waals surface area contributed by atoms with E-state index in [9.17, 15) is 0 Å². The van der Waals surface area contributed by atoms with E-state index in [1.807, 2.05) is 5.38 Å². The van der Waals surface area contributed by atoms with Crippen molar-refractivity contribution < 1.29 is 0 Å². The molecule has 1 aromatic heterocycles. The molecule has 0 saturated heterocycles. The Morgan fingerprint density at radius 3 is 3.21 bits per heavy atom. The average Bonchev–Trinajstić information content (AvgIpc) is 2.71. The Bertz CT molecular complexity index is 279. The van der Waals surface area contributed by atoms with Crippen LogP contribution < -0.4 is 5.32 Å². The highest BCUT2D eigenvalue weighted by Gasteiger charge is 2.07. The summed E-state index contributed by atoms with van der Waals surface area (Å²) in [4.78, 5) is 4.15. The van der Waals surface area contributed by atoms with E-state index < -0.39 is 0 Å². The van der Waals surface area contributed by atoms with Gasteiger partial charge in [0.15, 0.2) is 0 Å². The second kappa shape index (κ2) is 6.82. The molecule has 3 nitrogen and oxygen atoms in total. The first-order chi connectivity index (χ1) is 6.86. The molecule has 0 aromatic carbocycles. The molecule has 0 bridgehead atoms. The van der Waals surface area contributed by atoms with Gasteiger partial charge in [-0.3, -0.25) is 0 Å². The number of thioether (sulfide) groups is 1. The van der Waals surface area contributed by atoms with Gasteiger partial charge in [0.05, 0.1) is 6.07 Å². The van der Waals surface area contributed by atoms with Crippen LogP contribution in [0.15, 0.2) is 15.9 Å². The minimum Gasteiger partial charge on any atom is -0.301 e. The lowest BCUT2D eigenvalue weighted by molar-refractivity contribution is 0.637.